The van der Waals surface area contributed by atoms with E-state index in [4.69, 9.17) is 9.47 Å². The van der Waals surface area contributed by atoms with E-state index < -0.39 is 17.9 Å². The fourth-order valence-electron chi connectivity index (χ4n) is 2.38. The summed E-state index contributed by atoms with van der Waals surface area (Å²) in [6.45, 7) is 7.52. The number of carbonyl (C=O) groups excluding carboxylic acids is 2. The van der Waals surface area contributed by atoms with Crippen LogP contribution in [0.5, 0.6) is 11.5 Å². The van der Waals surface area contributed by atoms with Gasteiger partial charge in [0.15, 0.2) is 12.7 Å². The van der Waals surface area contributed by atoms with Gasteiger partial charge in [0, 0.05) is 0 Å². The molecule has 0 aliphatic carbocycles. The molecular weight excluding hydrogens is 344 g/mol. The van der Waals surface area contributed by atoms with Gasteiger partial charge in [-0.05, 0) is 56.5 Å². The molecule has 2 amide bonds. The third-order valence-corrected chi connectivity index (χ3v) is 4.20. The van der Waals surface area contributed by atoms with Crippen LogP contribution in [0.3, 0.4) is 0 Å². The van der Waals surface area contributed by atoms with E-state index in [-0.39, 0.29) is 6.61 Å². The highest BCUT2D eigenvalue weighted by Crippen LogP contribution is 2.20. The van der Waals surface area contributed by atoms with E-state index in [9.17, 15) is 9.59 Å². The SMILES string of the molecule is CCC(Oc1ccc(C)cc1)C(=O)NNC(=O)COc1cccc(C)c1C. The number of nitrogens with one attached hydrogen (secondary N) is 2. The molecule has 2 N–H and O–H groups in total. The Morgan fingerprint density at radius 2 is 1.70 bits per heavy atom. The average molecular weight is 370 g/mol. The van der Waals surface area contributed by atoms with Gasteiger partial charge in [-0.1, -0.05) is 36.8 Å². The average Bonchev–Trinajstić information content (AvgIpc) is 2.66. The zero-order valence-electron chi connectivity index (χ0n) is 16.2. The van der Waals surface area contributed by atoms with Crippen molar-refractivity contribution >= 4 is 11.8 Å². The maximum Gasteiger partial charge on any atom is 0.279 e. The number of benzene rings is 2. The minimum absolute atomic E-state index is 0.194. The van der Waals surface area contributed by atoms with Crippen LogP contribution in [-0.4, -0.2) is 24.5 Å². The quantitative estimate of drug-likeness (QED) is 0.735. The fraction of sp³-hybridized carbons (Fsp3) is 0.333. The number of aryl methyl sites for hydroxylation is 2. The number of carbonyl (C=O) groups is 2. The molecule has 6 heteroatoms. The van der Waals surface area contributed by atoms with Gasteiger partial charge in [-0.15, -0.1) is 0 Å². The summed E-state index contributed by atoms with van der Waals surface area (Å²) in [5.41, 5.74) is 7.91. The van der Waals surface area contributed by atoms with Crippen LogP contribution in [-0.2, 0) is 9.59 Å². The first-order chi connectivity index (χ1) is 12.9. The summed E-state index contributed by atoms with van der Waals surface area (Å²) in [5, 5.41) is 0. The van der Waals surface area contributed by atoms with Crippen molar-refractivity contribution in [2.75, 3.05) is 6.61 Å². The second-order valence-corrected chi connectivity index (χ2v) is 6.35. The summed E-state index contributed by atoms with van der Waals surface area (Å²) < 4.78 is 11.2. The summed E-state index contributed by atoms with van der Waals surface area (Å²) >= 11 is 0. The van der Waals surface area contributed by atoms with Crippen LogP contribution in [0.25, 0.3) is 0 Å². The molecule has 2 aromatic carbocycles. The van der Waals surface area contributed by atoms with Crippen molar-refractivity contribution in [1.29, 1.82) is 0 Å². The lowest BCUT2D eigenvalue weighted by molar-refractivity contribution is -0.134. The normalized spacial score (nSPS) is 11.4. The van der Waals surface area contributed by atoms with Crippen molar-refractivity contribution < 1.29 is 19.1 Å². The number of ether oxygens (including phenoxy) is 2. The molecule has 0 heterocycles. The third-order valence-electron chi connectivity index (χ3n) is 4.20. The van der Waals surface area contributed by atoms with Crippen LogP contribution in [0.4, 0.5) is 0 Å². The van der Waals surface area contributed by atoms with Crippen molar-refractivity contribution in [2.45, 2.75) is 40.2 Å². The Hall–Kier alpha value is -3.02. The summed E-state index contributed by atoms with van der Waals surface area (Å²) in [4.78, 5) is 24.2. The van der Waals surface area contributed by atoms with Gasteiger partial charge in [0.1, 0.15) is 11.5 Å². The zero-order valence-corrected chi connectivity index (χ0v) is 16.2. The number of rotatable bonds is 7. The maximum atomic E-state index is 12.2. The Labute approximate surface area is 159 Å². The molecule has 6 nitrogen and oxygen atoms in total. The van der Waals surface area contributed by atoms with Crippen LogP contribution in [0, 0.1) is 20.8 Å². The second-order valence-electron chi connectivity index (χ2n) is 6.35. The van der Waals surface area contributed by atoms with E-state index >= 15 is 0 Å². The second kappa shape index (κ2) is 9.62. The first kappa shape index (κ1) is 20.3. The van der Waals surface area contributed by atoms with Crippen molar-refractivity contribution in [2.24, 2.45) is 0 Å². The molecule has 27 heavy (non-hydrogen) atoms. The van der Waals surface area contributed by atoms with Gasteiger partial charge in [0.05, 0.1) is 0 Å². The minimum atomic E-state index is -0.701. The van der Waals surface area contributed by atoms with Crippen LogP contribution in [0.1, 0.15) is 30.0 Å². The molecule has 1 atom stereocenters. The lowest BCUT2D eigenvalue weighted by atomic mass is 10.1. The summed E-state index contributed by atoms with van der Waals surface area (Å²) in [5.74, 6) is 0.380. The zero-order chi connectivity index (χ0) is 19.8. The minimum Gasteiger partial charge on any atom is -0.483 e. The lowest BCUT2D eigenvalue weighted by Crippen LogP contribution is -2.49. The first-order valence-electron chi connectivity index (χ1n) is 8.91. The largest absolute Gasteiger partial charge is 0.483 e. The summed E-state index contributed by atoms with van der Waals surface area (Å²) in [7, 11) is 0. The molecule has 0 spiro atoms. The molecule has 0 bridgehead atoms. The molecule has 0 fully saturated rings. The highest BCUT2D eigenvalue weighted by Gasteiger charge is 2.19. The third kappa shape index (κ3) is 6.02. The first-order valence-corrected chi connectivity index (χ1v) is 8.91. The van der Waals surface area contributed by atoms with Crippen LogP contribution < -0.4 is 20.3 Å². The van der Waals surface area contributed by atoms with E-state index in [1.165, 1.54) is 0 Å². The molecule has 2 rings (SSSR count). The molecule has 144 valence electrons. The van der Waals surface area contributed by atoms with Gasteiger partial charge < -0.3 is 9.47 Å². The Morgan fingerprint density at radius 3 is 2.37 bits per heavy atom. The molecule has 0 saturated heterocycles. The van der Waals surface area contributed by atoms with E-state index in [1.54, 1.807) is 6.07 Å². The maximum absolute atomic E-state index is 12.2. The predicted molar refractivity (Wildman–Crippen MR) is 104 cm³/mol. The van der Waals surface area contributed by atoms with E-state index in [1.807, 2.05) is 64.1 Å². The topological polar surface area (TPSA) is 76.7 Å². The Bertz CT molecular complexity index is 787. The molecule has 0 aliphatic rings. The Balaban J connectivity index is 1.81. The van der Waals surface area contributed by atoms with Crippen molar-refractivity contribution in [3.05, 3.63) is 59.2 Å². The highest BCUT2D eigenvalue weighted by atomic mass is 16.5. The van der Waals surface area contributed by atoms with Gasteiger partial charge >= 0.3 is 0 Å². The summed E-state index contributed by atoms with van der Waals surface area (Å²) in [6, 6.07) is 13.1. The number of hydrazine groups is 1. The van der Waals surface area contributed by atoms with Crippen LogP contribution in [0.15, 0.2) is 42.5 Å². The van der Waals surface area contributed by atoms with Gasteiger partial charge in [-0.25, -0.2) is 0 Å². The smallest absolute Gasteiger partial charge is 0.279 e. The monoisotopic (exact) mass is 370 g/mol. The molecule has 1 unspecified atom stereocenters. The predicted octanol–water partition coefficient (Wildman–Crippen LogP) is 3.00. The molecule has 0 radical (unpaired) electrons. The molecule has 2 aromatic rings. The van der Waals surface area contributed by atoms with Crippen LogP contribution in [0.2, 0.25) is 0 Å². The Morgan fingerprint density at radius 1 is 1.00 bits per heavy atom. The number of amides is 2. The molecule has 0 aliphatic heterocycles. The van der Waals surface area contributed by atoms with Gasteiger partial charge in [-0.3, -0.25) is 20.4 Å². The van der Waals surface area contributed by atoms with Gasteiger partial charge in [-0.2, -0.15) is 0 Å². The van der Waals surface area contributed by atoms with E-state index in [0.29, 0.717) is 17.9 Å². The van der Waals surface area contributed by atoms with Crippen molar-refractivity contribution in [3.63, 3.8) is 0 Å². The highest BCUT2D eigenvalue weighted by molar-refractivity contribution is 5.85. The van der Waals surface area contributed by atoms with E-state index in [0.717, 1.165) is 16.7 Å². The standard InChI is InChI=1S/C21H26N2O4/c1-5-18(27-17-11-9-14(2)10-12-17)21(25)23-22-20(24)13-26-19-8-6-7-15(3)16(19)4/h6-12,18H,5,13H2,1-4H3,(H,22,24)(H,23,25). The van der Waals surface area contributed by atoms with Crippen molar-refractivity contribution in [3.8, 4) is 11.5 Å². The Kier molecular flexibility index (Phi) is 7.23. The number of hydrogen-bond donors (Lipinski definition) is 2. The van der Waals surface area contributed by atoms with Gasteiger partial charge in [0.2, 0.25) is 0 Å². The van der Waals surface area contributed by atoms with Crippen LogP contribution >= 0.6 is 0 Å². The molecular formula is C21H26N2O4. The fourth-order valence-corrected chi connectivity index (χ4v) is 2.38. The number of hydrogen-bond acceptors (Lipinski definition) is 4. The molecule has 0 saturated carbocycles. The lowest BCUT2D eigenvalue weighted by Gasteiger charge is -2.18. The van der Waals surface area contributed by atoms with E-state index in [2.05, 4.69) is 10.9 Å². The molecule has 0 aromatic heterocycles. The van der Waals surface area contributed by atoms with Gasteiger partial charge in [0.25, 0.3) is 11.8 Å². The van der Waals surface area contributed by atoms with Crippen molar-refractivity contribution in [1.82, 2.24) is 10.9 Å². The summed E-state index contributed by atoms with van der Waals surface area (Å²) in [6.07, 6.45) is -0.234.